The number of nitrogens with zero attached hydrogens (tertiary/aromatic N) is 2. The van der Waals surface area contributed by atoms with Crippen molar-refractivity contribution in [2.75, 3.05) is 12.4 Å². The highest BCUT2D eigenvalue weighted by atomic mass is 16.5. The van der Waals surface area contributed by atoms with E-state index in [4.69, 9.17) is 4.74 Å². The summed E-state index contributed by atoms with van der Waals surface area (Å²) in [5.41, 5.74) is 2.92. The third kappa shape index (κ3) is 5.17. The van der Waals surface area contributed by atoms with E-state index in [9.17, 15) is 9.59 Å². The molecule has 2 aromatic heterocycles. The number of hydrogen-bond acceptors (Lipinski definition) is 5. The first-order valence-corrected chi connectivity index (χ1v) is 9.96. The smallest absolute Gasteiger partial charge is 0.305 e. The van der Waals surface area contributed by atoms with Crippen LogP contribution in [0.3, 0.4) is 0 Å². The van der Waals surface area contributed by atoms with Crippen molar-refractivity contribution in [1.82, 2.24) is 9.55 Å². The lowest BCUT2D eigenvalue weighted by Gasteiger charge is -2.19. The van der Waals surface area contributed by atoms with E-state index in [-0.39, 0.29) is 17.8 Å². The zero-order valence-corrected chi connectivity index (χ0v) is 17.7. The van der Waals surface area contributed by atoms with E-state index < -0.39 is 0 Å². The molecule has 6 heteroatoms. The van der Waals surface area contributed by atoms with Gasteiger partial charge in [0.15, 0.2) is 5.43 Å². The third-order valence-electron chi connectivity index (χ3n) is 4.70. The maximum Gasteiger partial charge on any atom is 0.305 e. The molecular weight excluding hydrogens is 390 g/mol. The standard InChI is InChI=1S/C25H25N3O3/c1-4-9-20(10-5-2)28-22-15-19(13-14-25(30)31-3)26-17-21(22)23(29)16-24(28)27-18-11-7-6-8-12-18/h4-12,15-17,27H,1,13-14H2,2-3H3/b10-5-,20-9+. The number of rotatable bonds is 8. The first kappa shape index (κ1) is 21.8. The molecule has 0 saturated carbocycles. The lowest BCUT2D eigenvalue weighted by Crippen LogP contribution is -2.14. The normalized spacial score (nSPS) is 11.6. The molecule has 0 unspecified atom stereocenters. The quantitative estimate of drug-likeness (QED) is 0.421. The summed E-state index contributed by atoms with van der Waals surface area (Å²) in [6, 6.07) is 13.0. The van der Waals surface area contributed by atoms with E-state index >= 15 is 0 Å². The molecule has 2 heterocycles. The second-order valence-corrected chi connectivity index (χ2v) is 6.82. The first-order valence-electron chi connectivity index (χ1n) is 9.96. The molecule has 0 fully saturated rings. The molecular formula is C25H25N3O3. The van der Waals surface area contributed by atoms with Gasteiger partial charge in [0.05, 0.1) is 24.4 Å². The SMILES string of the molecule is C=C/C=C(\C=C/C)n1c(Nc2ccccc2)cc(=O)c2cnc(CCC(=O)OC)cc21. The maximum absolute atomic E-state index is 12.9. The van der Waals surface area contributed by atoms with Gasteiger partial charge < -0.3 is 10.1 Å². The van der Waals surface area contributed by atoms with Gasteiger partial charge in [0.25, 0.3) is 0 Å². The molecule has 3 rings (SSSR count). The monoisotopic (exact) mass is 415 g/mol. The Morgan fingerprint density at radius 2 is 2.03 bits per heavy atom. The third-order valence-corrected chi connectivity index (χ3v) is 4.70. The summed E-state index contributed by atoms with van der Waals surface area (Å²) >= 11 is 0. The molecule has 0 bridgehead atoms. The number of hydrogen-bond donors (Lipinski definition) is 1. The number of para-hydroxylation sites is 1. The Hall–Kier alpha value is -3.93. The molecule has 0 saturated heterocycles. The highest BCUT2D eigenvalue weighted by Crippen LogP contribution is 2.26. The summed E-state index contributed by atoms with van der Waals surface area (Å²) in [6.45, 7) is 5.75. The molecule has 0 aliphatic heterocycles. The number of aromatic nitrogens is 2. The van der Waals surface area contributed by atoms with E-state index in [0.29, 0.717) is 28.8 Å². The lowest BCUT2D eigenvalue weighted by atomic mass is 10.1. The molecule has 0 aliphatic rings. The Bertz CT molecular complexity index is 1210. The van der Waals surface area contributed by atoms with Crippen LogP contribution in [0.15, 0.2) is 84.3 Å². The number of nitrogens with one attached hydrogen (secondary N) is 1. The van der Waals surface area contributed by atoms with Crippen LogP contribution in [0, 0.1) is 0 Å². The van der Waals surface area contributed by atoms with Gasteiger partial charge in [0, 0.05) is 35.8 Å². The molecule has 0 amide bonds. The van der Waals surface area contributed by atoms with Crippen LogP contribution >= 0.6 is 0 Å². The van der Waals surface area contributed by atoms with Crippen molar-refractivity contribution in [2.45, 2.75) is 19.8 Å². The van der Waals surface area contributed by atoms with Crippen LogP contribution in [0.4, 0.5) is 11.5 Å². The minimum atomic E-state index is -0.306. The van der Waals surface area contributed by atoms with E-state index in [2.05, 4.69) is 16.9 Å². The molecule has 0 aliphatic carbocycles. The van der Waals surface area contributed by atoms with E-state index in [1.54, 1.807) is 18.3 Å². The summed E-state index contributed by atoms with van der Waals surface area (Å²) in [5.74, 6) is 0.306. The van der Waals surface area contributed by atoms with Gasteiger partial charge in [-0.1, -0.05) is 36.9 Å². The minimum Gasteiger partial charge on any atom is -0.469 e. The molecule has 3 aromatic rings. The summed E-state index contributed by atoms with van der Waals surface area (Å²) in [7, 11) is 1.36. The highest BCUT2D eigenvalue weighted by Gasteiger charge is 2.14. The van der Waals surface area contributed by atoms with Gasteiger partial charge in [-0.05, 0) is 37.3 Å². The highest BCUT2D eigenvalue weighted by molar-refractivity contribution is 5.87. The van der Waals surface area contributed by atoms with E-state index in [1.165, 1.54) is 7.11 Å². The number of allylic oxidation sites excluding steroid dienone is 5. The number of esters is 1. The number of aryl methyl sites for hydroxylation is 1. The predicted octanol–water partition coefficient (Wildman–Crippen LogP) is 4.85. The number of anilines is 2. The summed E-state index contributed by atoms with van der Waals surface area (Å²) in [6.07, 6.45) is 9.62. The van der Waals surface area contributed by atoms with Crippen LogP contribution < -0.4 is 10.7 Å². The Morgan fingerprint density at radius 3 is 2.71 bits per heavy atom. The van der Waals surface area contributed by atoms with Crippen LogP contribution in [0.2, 0.25) is 0 Å². The van der Waals surface area contributed by atoms with E-state index in [1.807, 2.05) is 66.1 Å². The molecule has 6 nitrogen and oxygen atoms in total. The lowest BCUT2D eigenvalue weighted by molar-refractivity contribution is -0.140. The van der Waals surface area contributed by atoms with Gasteiger partial charge in [0.2, 0.25) is 0 Å². The van der Waals surface area contributed by atoms with Crippen LogP contribution in [-0.4, -0.2) is 22.6 Å². The van der Waals surface area contributed by atoms with Crippen LogP contribution in [0.5, 0.6) is 0 Å². The summed E-state index contributed by atoms with van der Waals surface area (Å²) in [4.78, 5) is 28.8. The zero-order chi connectivity index (χ0) is 22.2. The minimum absolute atomic E-state index is 0.143. The number of carbonyl (C=O) groups is 1. The van der Waals surface area contributed by atoms with Gasteiger partial charge >= 0.3 is 5.97 Å². The molecule has 31 heavy (non-hydrogen) atoms. The number of benzene rings is 1. The fourth-order valence-electron chi connectivity index (χ4n) is 3.26. The molecule has 0 spiro atoms. The van der Waals surface area contributed by atoms with Gasteiger partial charge in [-0.2, -0.15) is 0 Å². The van der Waals surface area contributed by atoms with Crippen molar-refractivity contribution in [3.63, 3.8) is 0 Å². The number of carbonyl (C=O) groups excluding carboxylic acids is 1. The van der Waals surface area contributed by atoms with Gasteiger partial charge in [-0.25, -0.2) is 0 Å². The molecule has 158 valence electrons. The Balaban J connectivity index is 2.24. The Labute approximate surface area is 181 Å². The summed E-state index contributed by atoms with van der Waals surface area (Å²) < 4.78 is 6.68. The molecule has 1 N–H and O–H groups in total. The van der Waals surface area contributed by atoms with Crippen molar-refractivity contribution in [3.8, 4) is 0 Å². The van der Waals surface area contributed by atoms with E-state index in [0.717, 1.165) is 11.4 Å². The Kier molecular flexibility index (Phi) is 7.17. The van der Waals surface area contributed by atoms with Gasteiger partial charge in [-0.3, -0.25) is 19.1 Å². The first-order chi connectivity index (χ1) is 15.1. The summed E-state index contributed by atoms with van der Waals surface area (Å²) in [5, 5.41) is 3.83. The van der Waals surface area contributed by atoms with Crippen molar-refractivity contribution in [3.05, 3.63) is 95.5 Å². The van der Waals surface area contributed by atoms with Gasteiger partial charge in [-0.15, -0.1) is 0 Å². The van der Waals surface area contributed by atoms with Crippen LogP contribution in [0.1, 0.15) is 19.0 Å². The Morgan fingerprint density at radius 1 is 1.26 bits per heavy atom. The fourth-order valence-corrected chi connectivity index (χ4v) is 3.26. The fraction of sp³-hybridized carbons (Fsp3) is 0.160. The largest absolute Gasteiger partial charge is 0.469 e. The molecule has 1 aromatic carbocycles. The zero-order valence-electron chi connectivity index (χ0n) is 17.7. The molecule has 0 atom stereocenters. The number of pyridine rings is 2. The van der Waals surface area contributed by atoms with Crippen molar-refractivity contribution < 1.29 is 9.53 Å². The average molecular weight is 415 g/mol. The average Bonchev–Trinajstić information content (AvgIpc) is 2.78. The topological polar surface area (TPSA) is 73.2 Å². The molecule has 0 radical (unpaired) electrons. The second-order valence-electron chi connectivity index (χ2n) is 6.82. The number of methoxy groups -OCH3 is 1. The van der Waals surface area contributed by atoms with Gasteiger partial charge in [0.1, 0.15) is 5.82 Å². The second kappa shape index (κ2) is 10.2. The number of fused-ring (bicyclic) bond motifs is 1. The predicted molar refractivity (Wildman–Crippen MR) is 125 cm³/mol. The van der Waals surface area contributed by atoms with Crippen LogP contribution in [0.25, 0.3) is 16.6 Å². The van der Waals surface area contributed by atoms with Crippen molar-refractivity contribution in [1.29, 1.82) is 0 Å². The number of ether oxygens (including phenoxy) is 1. The van der Waals surface area contributed by atoms with Crippen LogP contribution in [-0.2, 0) is 16.0 Å². The van der Waals surface area contributed by atoms with Crippen molar-refractivity contribution in [2.24, 2.45) is 0 Å². The maximum atomic E-state index is 12.9. The van der Waals surface area contributed by atoms with Crippen molar-refractivity contribution >= 4 is 34.1 Å².